The van der Waals surface area contributed by atoms with E-state index in [2.05, 4.69) is 0 Å². The van der Waals surface area contributed by atoms with Crippen LogP contribution in [0.1, 0.15) is 38.4 Å². The van der Waals surface area contributed by atoms with Crippen LogP contribution in [0.4, 0.5) is 0 Å². The lowest BCUT2D eigenvalue weighted by Gasteiger charge is -2.26. The van der Waals surface area contributed by atoms with Gasteiger partial charge in [0.1, 0.15) is 11.5 Å². The molecule has 0 bridgehead atoms. The predicted molar refractivity (Wildman–Crippen MR) is 207 cm³/mol. The number of benzene rings is 10. The van der Waals surface area contributed by atoms with Gasteiger partial charge in [-0.3, -0.25) is 0 Å². The average molecular weight is 649 g/mol. The third-order valence-corrected chi connectivity index (χ3v) is 8.37. The molecule has 1 heteroatoms. The van der Waals surface area contributed by atoms with Crippen molar-refractivity contribution in [3.05, 3.63) is 169 Å². The topological polar surface area (TPSA) is 9.23 Å². The molecule has 1 aliphatic rings. The molecule has 11 rings (SSSR count). The summed E-state index contributed by atoms with van der Waals surface area (Å²) in [5.74, 6) is -1.37. The van der Waals surface area contributed by atoms with Crippen LogP contribution in [0.25, 0.3) is 98.4 Å². The van der Waals surface area contributed by atoms with E-state index in [0.717, 1.165) is 0 Å². The Morgan fingerprint density at radius 2 is 0.959 bits per heavy atom. The largest absolute Gasteiger partial charge is 0.455 e. The zero-order valence-electron chi connectivity index (χ0n) is 52.4. The van der Waals surface area contributed by atoms with Crippen molar-refractivity contribution in [2.45, 2.75) is 0 Å². The summed E-state index contributed by atoms with van der Waals surface area (Å²) in [7, 11) is 0. The van der Waals surface area contributed by atoms with E-state index in [0.29, 0.717) is 0 Å². The van der Waals surface area contributed by atoms with Crippen molar-refractivity contribution < 1.29 is 43.1 Å². The Bertz CT molecular complexity index is 4500. The maximum atomic E-state index is 10.3. The summed E-state index contributed by atoms with van der Waals surface area (Å²) < 4.78 is 262. The van der Waals surface area contributed by atoms with Gasteiger partial charge < -0.3 is 4.74 Å². The van der Waals surface area contributed by atoms with Crippen LogP contribution in [0.2, 0.25) is 0 Å². The zero-order valence-corrected chi connectivity index (χ0v) is 24.4. The fourth-order valence-electron chi connectivity index (χ4n) is 6.31. The number of ether oxygens (including phenoxy) is 1. The van der Waals surface area contributed by atoms with Crippen molar-refractivity contribution in [3.8, 4) is 56.0 Å². The molecular weight excluding hydrogens is 593 g/mol. The first-order valence-electron chi connectivity index (χ1n) is 28.7. The second-order valence-corrected chi connectivity index (χ2v) is 11.0. The molecule has 49 heavy (non-hydrogen) atoms. The normalized spacial score (nSPS) is 20.2. The van der Waals surface area contributed by atoms with Crippen molar-refractivity contribution in [2.24, 2.45) is 0 Å². The van der Waals surface area contributed by atoms with Crippen LogP contribution in [0, 0.1) is 0 Å². The van der Waals surface area contributed by atoms with E-state index >= 15 is 0 Å². The molecule has 10 aromatic rings. The molecule has 0 unspecified atom stereocenters. The molecule has 0 spiro atoms. The Kier molecular flexibility index (Phi) is 2.32. The van der Waals surface area contributed by atoms with Gasteiger partial charge in [0, 0.05) is 16.3 Å². The Labute approximate surface area is 322 Å². The maximum Gasteiger partial charge on any atom is 0.143 e. The summed E-state index contributed by atoms with van der Waals surface area (Å²) in [6.07, 6.45) is 0. The van der Waals surface area contributed by atoms with E-state index in [1.54, 1.807) is 0 Å². The van der Waals surface area contributed by atoms with Crippen molar-refractivity contribution in [1.82, 2.24) is 0 Å². The molecule has 0 amide bonds. The molecule has 0 aliphatic carbocycles. The molecule has 0 aromatic heterocycles. The van der Waals surface area contributed by atoms with Gasteiger partial charge in [-0.25, -0.2) is 0 Å². The number of hydrogen-bond acceptors (Lipinski definition) is 1. The van der Waals surface area contributed by atoms with Crippen LogP contribution in [0.3, 0.4) is 0 Å². The van der Waals surface area contributed by atoms with Crippen LogP contribution in [-0.2, 0) is 0 Å². The SMILES string of the molecule is [2H]c1c([2H])c([2H])c(-c2c([2H])c(-c3c4c(c5c([2H])c([2H])c([2H])c([2H])c5c3[2H])Oc3c([2H])c([2H])c([2H])c5c([2H])c([2H])c([2H])c-4c35)c([2H])c(-c3c([2H])c([2H])c4c([2H])c([2H])c5c([2H])c([2H])c([2H])c6c([2H])c([2H])c3c4c56)c2[2H])c([2H])c1[2H]. The van der Waals surface area contributed by atoms with E-state index < -0.39 is 274 Å². The Morgan fingerprint density at radius 3 is 1.80 bits per heavy atom. The molecule has 1 heterocycles. The number of hydrogen-bond donors (Lipinski definition) is 0. The predicted octanol–water partition coefficient (Wildman–Crippen LogP) is 13.7. The first-order valence-corrected chi connectivity index (χ1v) is 14.7. The Hall–Kier alpha value is -6.44. The van der Waals surface area contributed by atoms with Gasteiger partial charge in [-0.1, -0.05) is 139 Å². The summed E-state index contributed by atoms with van der Waals surface area (Å²) in [4.78, 5) is 0. The summed E-state index contributed by atoms with van der Waals surface area (Å²) in [5, 5.41) is -5.18. The van der Waals surface area contributed by atoms with Gasteiger partial charge in [0.2, 0.25) is 0 Å². The molecular formula is C48H28O. The Morgan fingerprint density at radius 1 is 0.347 bits per heavy atom. The number of fused-ring (bicyclic) bond motifs is 4. The van der Waals surface area contributed by atoms with E-state index in [1.807, 2.05) is 0 Å². The minimum absolute atomic E-state index is 0.352. The molecule has 10 aromatic carbocycles. The zero-order chi connectivity index (χ0) is 56.4. The summed E-state index contributed by atoms with van der Waals surface area (Å²) in [5.41, 5.74) is -6.61. The molecule has 0 atom stereocenters. The van der Waals surface area contributed by atoms with Gasteiger partial charge in [-0.2, -0.15) is 0 Å². The highest BCUT2D eigenvalue weighted by molar-refractivity contribution is 6.25. The van der Waals surface area contributed by atoms with Gasteiger partial charge in [-0.15, -0.1) is 0 Å². The monoisotopic (exact) mass is 648 g/mol. The second-order valence-electron chi connectivity index (χ2n) is 11.0. The molecule has 1 nitrogen and oxygen atoms in total. The molecule has 1 aliphatic heterocycles. The van der Waals surface area contributed by atoms with Crippen molar-refractivity contribution >= 4 is 53.9 Å². The van der Waals surface area contributed by atoms with Gasteiger partial charge in [-0.05, 0) is 112 Å². The smallest absolute Gasteiger partial charge is 0.143 e. The van der Waals surface area contributed by atoms with Crippen LogP contribution >= 0.6 is 0 Å². The van der Waals surface area contributed by atoms with Gasteiger partial charge in [0.05, 0.1) is 38.4 Å². The lowest BCUT2D eigenvalue weighted by atomic mass is 9.84. The quantitative estimate of drug-likeness (QED) is 0.173. The van der Waals surface area contributed by atoms with Crippen LogP contribution in [0.5, 0.6) is 11.5 Å². The first kappa shape index (κ1) is 11.3. The third-order valence-electron chi connectivity index (χ3n) is 8.37. The maximum absolute atomic E-state index is 10.3. The molecule has 0 N–H and O–H groups in total. The molecule has 0 fully saturated rings. The second kappa shape index (κ2) is 10.0. The van der Waals surface area contributed by atoms with Crippen molar-refractivity contribution in [2.75, 3.05) is 0 Å². The standard InChI is InChI=1S/C48H28O/c1-2-9-29(10-3-1)35-25-36(38-23-21-33-20-19-31-12-6-13-32-22-24-40(38)46(33)44(31)32)27-37(26-35)42-28-34-11-4-5-16-39(34)48-47(42)41-17-7-14-30-15-8-18-43(49-48)45(30)41/h1-28H/i1D,2D,3D,4D,5D,6D,7D,8D,9D,10D,11D,12D,13D,14D,15D,16D,17D,18D,19D,20D,21D,22D,23D,24D,25D,26D,27D,28D. The fraction of sp³-hybridized carbons (Fsp3) is 0. The highest BCUT2D eigenvalue weighted by Crippen LogP contribution is 2.54. The minimum atomic E-state index is -1.13. The van der Waals surface area contributed by atoms with Crippen LogP contribution < -0.4 is 4.74 Å². The van der Waals surface area contributed by atoms with E-state index in [9.17, 15) is 12.3 Å². The third kappa shape index (κ3) is 3.87. The van der Waals surface area contributed by atoms with Gasteiger partial charge in [0.15, 0.2) is 0 Å². The molecule has 226 valence electrons. The van der Waals surface area contributed by atoms with Gasteiger partial charge in [0.25, 0.3) is 0 Å². The highest BCUT2D eigenvalue weighted by atomic mass is 16.5. The van der Waals surface area contributed by atoms with Crippen LogP contribution in [0.15, 0.2) is 169 Å². The lowest BCUT2D eigenvalue weighted by molar-refractivity contribution is 0.493. The van der Waals surface area contributed by atoms with Crippen molar-refractivity contribution in [3.63, 3.8) is 0 Å². The molecule has 0 saturated carbocycles. The number of rotatable bonds is 3. The molecule has 0 saturated heterocycles. The minimum Gasteiger partial charge on any atom is -0.455 e. The Balaban J connectivity index is 1.48. The highest BCUT2D eigenvalue weighted by Gasteiger charge is 2.26. The van der Waals surface area contributed by atoms with Crippen molar-refractivity contribution in [1.29, 1.82) is 0 Å². The summed E-state index contributed by atoms with van der Waals surface area (Å²) in [6.45, 7) is 0. The molecule has 0 radical (unpaired) electrons. The van der Waals surface area contributed by atoms with E-state index in [-0.39, 0.29) is 5.39 Å². The fourth-order valence-corrected chi connectivity index (χ4v) is 6.31. The summed E-state index contributed by atoms with van der Waals surface area (Å²) in [6, 6.07) is -25.6. The van der Waals surface area contributed by atoms with E-state index in [4.69, 9.17) is 30.8 Å². The lowest BCUT2D eigenvalue weighted by Crippen LogP contribution is -2.00. The van der Waals surface area contributed by atoms with Crippen LogP contribution in [-0.4, -0.2) is 0 Å². The van der Waals surface area contributed by atoms with E-state index in [1.165, 1.54) is 0 Å². The van der Waals surface area contributed by atoms with Gasteiger partial charge >= 0.3 is 0 Å². The average Bonchev–Trinajstić information content (AvgIpc) is 3.53. The summed E-state index contributed by atoms with van der Waals surface area (Å²) >= 11 is 0. The first-order chi connectivity index (χ1) is 36.0.